The molecule has 2 atom stereocenters. The van der Waals surface area contributed by atoms with E-state index in [2.05, 4.69) is 31.3 Å². The predicted octanol–water partition coefficient (Wildman–Crippen LogP) is 12.8. The molecule has 3 N–H and O–H groups in total. The maximum absolute atomic E-state index is 12.3. The van der Waals surface area contributed by atoms with Gasteiger partial charge < -0.3 is 15.5 Å². The van der Waals surface area contributed by atoms with E-state index < -0.39 is 12.1 Å². The molecule has 0 spiro atoms. The van der Waals surface area contributed by atoms with Gasteiger partial charge >= 0.3 is 0 Å². The molecule has 0 fully saturated rings. The molecule has 278 valence electrons. The van der Waals surface area contributed by atoms with Gasteiger partial charge in [-0.05, 0) is 32.1 Å². The monoisotopic (exact) mass is 662 g/mol. The first-order valence-corrected chi connectivity index (χ1v) is 21.1. The molecule has 0 saturated carbocycles. The summed E-state index contributed by atoms with van der Waals surface area (Å²) < 4.78 is 0. The molecule has 0 bridgehead atoms. The lowest BCUT2D eigenvalue weighted by Crippen LogP contribution is -2.45. The summed E-state index contributed by atoms with van der Waals surface area (Å²) in [6.45, 7) is 4.30. The van der Waals surface area contributed by atoms with Gasteiger partial charge in [0.05, 0.1) is 18.8 Å². The minimum Gasteiger partial charge on any atom is -0.394 e. The largest absolute Gasteiger partial charge is 0.394 e. The van der Waals surface area contributed by atoms with Gasteiger partial charge in [-0.25, -0.2) is 0 Å². The van der Waals surface area contributed by atoms with E-state index in [1.165, 1.54) is 173 Å². The van der Waals surface area contributed by atoms with Crippen LogP contribution in [0.25, 0.3) is 0 Å². The number of amides is 1. The quantitative estimate of drug-likeness (QED) is 0.0455. The summed E-state index contributed by atoms with van der Waals surface area (Å²) in [4.78, 5) is 12.3. The fourth-order valence-electron chi connectivity index (χ4n) is 6.43. The Morgan fingerprint density at radius 1 is 0.489 bits per heavy atom. The topological polar surface area (TPSA) is 69.6 Å². The molecule has 0 heterocycles. The van der Waals surface area contributed by atoms with Gasteiger partial charge in [-0.15, -0.1) is 0 Å². The molecule has 0 saturated heterocycles. The van der Waals surface area contributed by atoms with E-state index in [1.807, 2.05) is 6.08 Å². The number of rotatable bonds is 38. The Morgan fingerprint density at radius 3 is 1.23 bits per heavy atom. The predicted molar refractivity (Wildman–Crippen MR) is 207 cm³/mol. The van der Waals surface area contributed by atoms with Crippen molar-refractivity contribution in [3.8, 4) is 0 Å². The van der Waals surface area contributed by atoms with Crippen molar-refractivity contribution in [3.63, 3.8) is 0 Å². The Kier molecular flexibility index (Phi) is 38.4. The third-order valence-electron chi connectivity index (χ3n) is 9.69. The Morgan fingerprint density at radius 2 is 0.830 bits per heavy atom. The summed E-state index contributed by atoms with van der Waals surface area (Å²) in [7, 11) is 0. The number of hydrogen-bond donors (Lipinski definition) is 3. The molecule has 2 unspecified atom stereocenters. The maximum Gasteiger partial charge on any atom is 0.220 e. The molecule has 0 aromatic carbocycles. The maximum atomic E-state index is 12.3. The normalized spacial score (nSPS) is 13.2. The van der Waals surface area contributed by atoms with Crippen molar-refractivity contribution in [1.29, 1.82) is 0 Å². The molecule has 0 aromatic heterocycles. The number of carbonyl (C=O) groups is 1. The van der Waals surface area contributed by atoms with Crippen molar-refractivity contribution in [1.82, 2.24) is 5.32 Å². The van der Waals surface area contributed by atoms with Crippen LogP contribution in [0.1, 0.15) is 226 Å². The first-order chi connectivity index (χ1) is 23.2. The molecule has 0 radical (unpaired) electrons. The van der Waals surface area contributed by atoms with Crippen molar-refractivity contribution in [3.05, 3.63) is 24.3 Å². The minimum absolute atomic E-state index is 0.0733. The molecule has 4 heteroatoms. The number of hydrogen-bond acceptors (Lipinski definition) is 3. The van der Waals surface area contributed by atoms with Crippen molar-refractivity contribution in [2.24, 2.45) is 0 Å². The Balaban J connectivity index is 3.57. The zero-order valence-electron chi connectivity index (χ0n) is 31.8. The van der Waals surface area contributed by atoms with Crippen LogP contribution in [0.4, 0.5) is 0 Å². The van der Waals surface area contributed by atoms with E-state index in [-0.39, 0.29) is 12.5 Å². The molecule has 0 aromatic rings. The SMILES string of the molecule is CCCCCCCCCCCCCCCCCCC/C=C/CC/C=C/C(O)C(CO)NC(=O)CCCCCCCCCCCCCC. The van der Waals surface area contributed by atoms with E-state index in [1.54, 1.807) is 6.08 Å². The van der Waals surface area contributed by atoms with Crippen molar-refractivity contribution in [2.45, 2.75) is 238 Å². The number of aliphatic hydroxyl groups is 2. The lowest BCUT2D eigenvalue weighted by molar-refractivity contribution is -0.123. The van der Waals surface area contributed by atoms with E-state index in [0.29, 0.717) is 6.42 Å². The van der Waals surface area contributed by atoms with Crippen LogP contribution in [0.5, 0.6) is 0 Å². The number of unbranched alkanes of at least 4 members (excludes halogenated alkanes) is 29. The van der Waals surface area contributed by atoms with E-state index >= 15 is 0 Å². The fourth-order valence-corrected chi connectivity index (χ4v) is 6.43. The van der Waals surface area contributed by atoms with E-state index in [9.17, 15) is 15.0 Å². The summed E-state index contributed by atoms with van der Waals surface area (Å²) in [6.07, 6.45) is 50.0. The highest BCUT2D eigenvalue weighted by Crippen LogP contribution is 2.15. The van der Waals surface area contributed by atoms with Gasteiger partial charge in [0.1, 0.15) is 0 Å². The van der Waals surface area contributed by atoms with Crippen LogP contribution in [0, 0.1) is 0 Å². The van der Waals surface area contributed by atoms with Crippen LogP contribution in [-0.4, -0.2) is 34.9 Å². The summed E-state index contributed by atoms with van der Waals surface area (Å²) in [5, 5.41) is 22.9. The second-order valence-corrected chi connectivity index (χ2v) is 14.4. The van der Waals surface area contributed by atoms with Gasteiger partial charge in [-0.3, -0.25) is 4.79 Å². The van der Waals surface area contributed by atoms with Crippen LogP contribution in [0.3, 0.4) is 0 Å². The number of allylic oxidation sites excluding steroid dienone is 3. The fraction of sp³-hybridized carbons (Fsp3) is 0.884. The van der Waals surface area contributed by atoms with Gasteiger partial charge in [0.2, 0.25) is 5.91 Å². The van der Waals surface area contributed by atoms with Crippen LogP contribution in [0.2, 0.25) is 0 Å². The molecular weight excluding hydrogens is 578 g/mol. The minimum atomic E-state index is -0.857. The van der Waals surface area contributed by atoms with Gasteiger partial charge in [0.25, 0.3) is 0 Å². The molecular formula is C43H83NO3. The summed E-state index contributed by atoms with van der Waals surface area (Å²) in [5.74, 6) is -0.0733. The number of carbonyl (C=O) groups excluding carboxylic acids is 1. The molecule has 4 nitrogen and oxygen atoms in total. The zero-order chi connectivity index (χ0) is 34.3. The van der Waals surface area contributed by atoms with Crippen molar-refractivity contribution < 1.29 is 15.0 Å². The molecule has 0 aliphatic heterocycles. The average molecular weight is 662 g/mol. The van der Waals surface area contributed by atoms with Crippen LogP contribution >= 0.6 is 0 Å². The molecule has 0 rings (SSSR count). The number of aliphatic hydroxyl groups excluding tert-OH is 2. The van der Waals surface area contributed by atoms with Crippen LogP contribution < -0.4 is 5.32 Å². The van der Waals surface area contributed by atoms with Gasteiger partial charge in [0, 0.05) is 6.42 Å². The molecule has 47 heavy (non-hydrogen) atoms. The summed E-state index contributed by atoms with van der Waals surface area (Å²) in [6, 6.07) is -0.633. The Bertz CT molecular complexity index is 676. The second-order valence-electron chi connectivity index (χ2n) is 14.4. The lowest BCUT2D eigenvalue weighted by atomic mass is 10.0. The average Bonchev–Trinajstić information content (AvgIpc) is 3.07. The van der Waals surface area contributed by atoms with Gasteiger partial charge in [-0.1, -0.05) is 212 Å². The molecule has 1 amide bonds. The first-order valence-electron chi connectivity index (χ1n) is 21.1. The van der Waals surface area contributed by atoms with Gasteiger partial charge in [0.15, 0.2) is 0 Å². The van der Waals surface area contributed by atoms with Crippen LogP contribution in [-0.2, 0) is 4.79 Å². The van der Waals surface area contributed by atoms with E-state index in [0.717, 1.165) is 32.1 Å². The molecule has 0 aliphatic carbocycles. The highest BCUT2D eigenvalue weighted by molar-refractivity contribution is 5.76. The Labute approximate surface area is 294 Å². The smallest absolute Gasteiger partial charge is 0.220 e. The Hall–Kier alpha value is -1.13. The number of nitrogens with one attached hydrogen (secondary N) is 1. The summed E-state index contributed by atoms with van der Waals surface area (Å²) >= 11 is 0. The first kappa shape index (κ1) is 45.9. The lowest BCUT2D eigenvalue weighted by Gasteiger charge is -2.19. The van der Waals surface area contributed by atoms with Gasteiger partial charge in [-0.2, -0.15) is 0 Å². The molecule has 0 aliphatic rings. The summed E-state index contributed by atoms with van der Waals surface area (Å²) in [5.41, 5.74) is 0. The van der Waals surface area contributed by atoms with Crippen molar-refractivity contribution in [2.75, 3.05) is 6.61 Å². The standard InChI is InChI=1S/C43H83NO3/c1-3-5-7-9-11-13-15-17-18-19-20-21-22-23-24-25-26-27-28-30-32-34-36-38-42(46)41(40-45)44-43(47)39-37-35-33-31-29-16-14-12-10-8-6-4-2/h28,30,36,38,41-42,45-46H,3-27,29,31-35,37,39-40H2,1-2H3,(H,44,47)/b30-28+,38-36+. The third-order valence-corrected chi connectivity index (χ3v) is 9.69. The highest BCUT2D eigenvalue weighted by Gasteiger charge is 2.17. The van der Waals surface area contributed by atoms with Crippen LogP contribution in [0.15, 0.2) is 24.3 Å². The van der Waals surface area contributed by atoms with Crippen molar-refractivity contribution >= 4 is 5.91 Å². The highest BCUT2D eigenvalue weighted by atomic mass is 16.3. The van der Waals surface area contributed by atoms with E-state index in [4.69, 9.17) is 0 Å². The second kappa shape index (κ2) is 39.3. The third kappa shape index (κ3) is 36.0. The zero-order valence-corrected chi connectivity index (χ0v) is 31.8.